The largest absolute Gasteiger partial charge is 0.369 e. The molecule has 1 fully saturated rings. The molecular formula is C24H21N7O3. The zero-order valence-corrected chi connectivity index (χ0v) is 18.5. The van der Waals surface area contributed by atoms with Gasteiger partial charge < -0.3 is 15.3 Å². The van der Waals surface area contributed by atoms with Crippen molar-refractivity contribution < 1.29 is 14.7 Å². The number of aryl methyl sites for hydroxylation is 1. The van der Waals surface area contributed by atoms with Crippen molar-refractivity contribution in [2.75, 3.05) is 18.9 Å². The number of hydrogen-bond acceptors (Lipinski definition) is 6. The van der Waals surface area contributed by atoms with E-state index in [4.69, 9.17) is 0 Å². The van der Waals surface area contributed by atoms with Crippen LogP contribution in [0.15, 0.2) is 42.7 Å². The number of likely N-dealkylation sites (N-methyl/N-ethyl adjacent to an activating group) is 1. The number of aliphatic hydroxyl groups is 1. The molecule has 1 atom stereocenters. The Kier molecular flexibility index (Phi) is 5.11. The number of amides is 2. The van der Waals surface area contributed by atoms with Gasteiger partial charge in [-0.05, 0) is 31.2 Å². The third kappa shape index (κ3) is 3.78. The van der Waals surface area contributed by atoms with Crippen molar-refractivity contribution in [1.82, 2.24) is 30.3 Å². The molecule has 1 saturated heterocycles. The third-order valence-electron chi connectivity index (χ3n) is 5.82. The maximum absolute atomic E-state index is 13.0. The molecule has 3 aromatic heterocycles. The number of aromatic nitrogens is 5. The van der Waals surface area contributed by atoms with Crippen molar-refractivity contribution in [2.45, 2.75) is 18.9 Å². The van der Waals surface area contributed by atoms with Crippen LogP contribution in [-0.2, 0) is 4.79 Å². The molecule has 10 heteroatoms. The van der Waals surface area contributed by atoms with Gasteiger partial charge in [-0.2, -0.15) is 10.2 Å². The molecule has 0 radical (unpaired) electrons. The minimum Gasteiger partial charge on any atom is -0.369 e. The lowest BCUT2D eigenvalue weighted by molar-refractivity contribution is -0.137. The molecule has 0 aliphatic carbocycles. The van der Waals surface area contributed by atoms with Crippen LogP contribution >= 0.6 is 0 Å². The minimum absolute atomic E-state index is 0.257. The van der Waals surface area contributed by atoms with Gasteiger partial charge >= 0.3 is 0 Å². The van der Waals surface area contributed by atoms with Crippen LogP contribution in [0.3, 0.4) is 0 Å². The lowest BCUT2D eigenvalue weighted by Crippen LogP contribution is -2.37. The number of anilines is 1. The van der Waals surface area contributed by atoms with Gasteiger partial charge in [-0.15, -0.1) is 0 Å². The Morgan fingerprint density at radius 3 is 2.85 bits per heavy atom. The number of rotatable bonds is 3. The molecule has 0 saturated carbocycles. The lowest BCUT2D eigenvalue weighted by atomic mass is 10.0. The summed E-state index contributed by atoms with van der Waals surface area (Å²) in [7, 11) is 1.63. The van der Waals surface area contributed by atoms with E-state index >= 15 is 0 Å². The molecule has 4 aromatic rings. The molecule has 34 heavy (non-hydrogen) atoms. The fraction of sp³-hybridized carbons (Fsp3) is 0.208. The average molecular weight is 455 g/mol. The van der Waals surface area contributed by atoms with Gasteiger partial charge in [-0.1, -0.05) is 17.9 Å². The van der Waals surface area contributed by atoms with Crippen molar-refractivity contribution in [3.63, 3.8) is 0 Å². The summed E-state index contributed by atoms with van der Waals surface area (Å²) >= 11 is 0. The van der Waals surface area contributed by atoms with Crippen LogP contribution in [0, 0.1) is 18.8 Å². The van der Waals surface area contributed by atoms with Crippen LogP contribution in [0.5, 0.6) is 0 Å². The standard InChI is InChI=1S/C24H21N7O3/c1-14-19(13-26-28-14)16-11-18-20(29-30-21(18)25-12-16)22(32)27-17-5-3-4-15(10-17)6-7-24(34)8-9-31(2)23(24)33/h3-5,10-13,34H,8-9H2,1-2H3,(H,26,28)(H,27,32)(H,25,29,30)/t24-/m0/s1. The van der Waals surface area contributed by atoms with Gasteiger partial charge in [0.1, 0.15) is 5.69 Å². The van der Waals surface area contributed by atoms with Crippen LogP contribution in [0.1, 0.15) is 28.2 Å². The molecule has 4 N–H and O–H groups in total. The van der Waals surface area contributed by atoms with E-state index in [9.17, 15) is 14.7 Å². The summed E-state index contributed by atoms with van der Waals surface area (Å²) in [5.74, 6) is 4.73. The van der Waals surface area contributed by atoms with Gasteiger partial charge in [0.25, 0.3) is 11.8 Å². The molecular weight excluding hydrogens is 434 g/mol. The van der Waals surface area contributed by atoms with E-state index in [1.165, 1.54) is 4.90 Å². The summed E-state index contributed by atoms with van der Waals surface area (Å²) < 4.78 is 0. The number of carbonyl (C=O) groups is 2. The molecule has 10 nitrogen and oxygen atoms in total. The Labute approximate surface area is 194 Å². The Morgan fingerprint density at radius 1 is 1.26 bits per heavy atom. The molecule has 1 aliphatic heterocycles. The van der Waals surface area contributed by atoms with Gasteiger partial charge in [-0.25, -0.2) is 4.98 Å². The Hall–Kier alpha value is -4.49. The van der Waals surface area contributed by atoms with E-state index in [1.54, 1.807) is 43.7 Å². The number of H-pyrrole nitrogens is 2. The highest BCUT2D eigenvalue weighted by Gasteiger charge is 2.42. The fourth-order valence-electron chi connectivity index (χ4n) is 3.88. The van der Waals surface area contributed by atoms with Crippen molar-refractivity contribution >= 4 is 28.5 Å². The summed E-state index contributed by atoms with van der Waals surface area (Å²) in [5.41, 5.74) is 2.69. The average Bonchev–Trinajstić information content (AvgIpc) is 3.52. The van der Waals surface area contributed by atoms with Crippen molar-refractivity contribution in [3.8, 4) is 23.0 Å². The first-order chi connectivity index (χ1) is 16.3. The number of fused-ring (bicyclic) bond motifs is 1. The van der Waals surface area contributed by atoms with Crippen LogP contribution in [-0.4, -0.2) is 66.4 Å². The molecule has 0 unspecified atom stereocenters. The van der Waals surface area contributed by atoms with Gasteiger partial charge in [0.15, 0.2) is 5.65 Å². The highest BCUT2D eigenvalue weighted by atomic mass is 16.3. The summed E-state index contributed by atoms with van der Waals surface area (Å²) in [6, 6.07) is 8.72. The highest BCUT2D eigenvalue weighted by Crippen LogP contribution is 2.26. The third-order valence-corrected chi connectivity index (χ3v) is 5.82. The number of aromatic amines is 2. The quantitative estimate of drug-likeness (QED) is 0.348. The SMILES string of the molecule is Cc1[nH]ncc1-c1cnc2n[nH]c(C(=O)Nc3cccc(C#C[C@]4(O)CCN(C)C4=O)c3)c2c1. The van der Waals surface area contributed by atoms with Gasteiger partial charge in [0, 0.05) is 54.3 Å². The van der Waals surface area contributed by atoms with E-state index in [0.717, 1.165) is 16.8 Å². The highest BCUT2D eigenvalue weighted by molar-refractivity contribution is 6.11. The Balaban J connectivity index is 1.39. The van der Waals surface area contributed by atoms with Crippen molar-refractivity contribution in [3.05, 3.63) is 59.7 Å². The van der Waals surface area contributed by atoms with Crippen LogP contribution in [0.4, 0.5) is 5.69 Å². The number of nitrogens with one attached hydrogen (secondary N) is 3. The van der Waals surface area contributed by atoms with Gasteiger partial charge in [-0.3, -0.25) is 19.8 Å². The topological polar surface area (TPSA) is 140 Å². The van der Waals surface area contributed by atoms with E-state index in [1.807, 2.05) is 13.0 Å². The Bertz CT molecular complexity index is 1490. The van der Waals surface area contributed by atoms with Crippen LogP contribution < -0.4 is 5.32 Å². The Morgan fingerprint density at radius 2 is 2.12 bits per heavy atom. The summed E-state index contributed by atoms with van der Waals surface area (Å²) in [5, 5.41) is 27.7. The number of pyridine rings is 1. The van der Waals surface area contributed by atoms with Crippen LogP contribution in [0.25, 0.3) is 22.2 Å². The molecule has 4 heterocycles. The second-order valence-corrected chi connectivity index (χ2v) is 8.22. The molecule has 0 spiro atoms. The monoisotopic (exact) mass is 455 g/mol. The second-order valence-electron chi connectivity index (χ2n) is 8.22. The second kappa shape index (κ2) is 8.13. The number of nitrogens with zero attached hydrogens (tertiary/aromatic N) is 4. The predicted octanol–water partition coefficient (Wildman–Crippen LogP) is 1.85. The van der Waals surface area contributed by atoms with Crippen molar-refractivity contribution in [1.29, 1.82) is 0 Å². The first-order valence-corrected chi connectivity index (χ1v) is 10.6. The fourth-order valence-corrected chi connectivity index (χ4v) is 3.88. The smallest absolute Gasteiger partial charge is 0.274 e. The number of likely N-dealkylation sites (tertiary alicyclic amines) is 1. The lowest BCUT2D eigenvalue weighted by Gasteiger charge is -2.13. The molecule has 1 aromatic carbocycles. The van der Waals surface area contributed by atoms with Crippen molar-refractivity contribution in [2.24, 2.45) is 0 Å². The first kappa shape index (κ1) is 21.4. The van der Waals surface area contributed by atoms with E-state index < -0.39 is 11.5 Å². The van der Waals surface area contributed by atoms with Crippen LogP contribution in [0.2, 0.25) is 0 Å². The summed E-state index contributed by atoms with van der Waals surface area (Å²) in [6.07, 6.45) is 3.65. The summed E-state index contributed by atoms with van der Waals surface area (Å²) in [6.45, 7) is 2.36. The number of hydrogen-bond donors (Lipinski definition) is 4. The van der Waals surface area contributed by atoms with Gasteiger partial charge in [0.05, 0.1) is 11.6 Å². The zero-order valence-electron chi connectivity index (χ0n) is 18.5. The molecule has 5 rings (SSSR count). The molecule has 2 amide bonds. The van der Waals surface area contributed by atoms with E-state index in [2.05, 4.69) is 42.5 Å². The normalized spacial score (nSPS) is 17.6. The van der Waals surface area contributed by atoms with E-state index in [-0.39, 0.29) is 18.0 Å². The summed E-state index contributed by atoms with van der Waals surface area (Å²) in [4.78, 5) is 30.9. The first-order valence-electron chi connectivity index (χ1n) is 10.6. The maximum atomic E-state index is 13.0. The molecule has 1 aliphatic rings. The minimum atomic E-state index is -1.68. The number of benzene rings is 1. The zero-order chi connectivity index (χ0) is 23.9. The van der Waals surface area contributed by atoms with E-state index in [0.29, 0.717) is 28.8 Å². The number of carbonyl (C=O) groups excluding carboxylic acids is 2. The van der Waals surface area contributed by atoms with Gasteiger partial charge in [0.2, 0.25) is 5.60 Å². The molecule has 0 bridgehead atoms. The molecule has 170 valence electrons. The maximum Gasteiger partial charge on any atom is 0.274 e. The predicted molar refractivity (Wildman–Crippen MR) is 125 cm³/mol.